The Kier molecular flexibility index (Phi) is 13.0. The van der Waals surface area contributed by atoms with Crippen molar-refractivity contribution in [1.29, 1.82) is 0 Å². The van der Waals surface area contributed by atoms with Gasteiger partial charge in [-0.25, -0.2) is 0 Å². The van der Waals surface area contributed by atoms with Crippen LogP contribution in [0, 0.1) is 11.8 Å². The van der Waals surface area contributed by atoms with Gasteiger partial charge in [-0.1, -0.05) is 12.1 Å². The molecule has 5 heterocycles. The SMILES string of the molecule is COc1cccc2c1C(=O)c1c(O)c3c(c(O)c1C2=O)C[C@@](O)(C(=O)CSC1CC(=O)N(CC2CCC(C(=O)CN4C(=O)CCC4=O)CC2)C1=O)C[C@@H]3O[C@H]1C[C@H]2[C@H](O[C@@H]3[C@@H](OC)OCCN32)[C@H](C)O1. The lowest BCUT2D eigenvalue weighted by Crippen LogP contribution is -2.55. The number of phenolic OH excluding ortho intramolecular Hbond substituents is 2. The van der Waals surface area contributed by atoms with E-state index in [1.54, 1.807) is 0 Å². The summed E-state index contributed by atoms with van der Waals surface area (Å²) in [6.45, 7) is 2.60. The number of methoxy groups -OCH3 is 2. The Morgan fingerprint density at radius 3 is 2.34 bits per heavy atom. The molecule has 1 saturated carbocycles. The molecule has 70 heavy (non-hydrogen) atoms. The maximum Gasteiger partial charge on any atom is 0.242 e. The first-order valence-electron chi connectivity index (χ1n) is 23.8. The first-order chi connectivity index (χ1) is 33.5. The highest BCUT2D eigenvalue weighted by atomic mass is 32.2. The zero-order chi connectivity index (χ0) is 49.5. The molecule has 5 aliphatic heterocycles. The number of ether oxygens (including phenoxy) is 6. The monoisotopic (exact) mass is 989 g/mol. The number of phenols is 2. The molecule has 2 aromatic carbocycles. The van der Waals surface area contributed by atoms with Crippen molar-refractivity contribution in [2.24, 2.45) is 11.8 Å². The van der Waals surface area contributed by atoms with E-state index in [1.807, 2.05) is 6.92 Å². The van der Waals surface area contributed by atoms with Crippen LogP contribution in [0.25, 0.3) is 0 Å². The molecule has 2 aromatic rings. The maximum absolute atomic E-state index is 14.4. The minimum absolute atomic E-state index is 0.0772. The third-order valence-electron chi connectivity index (χ3n) is 15.5. The van der Waals surface area contributed by atoms with E-state index in [1.165, 1.54) is 37.3 Å². The van der Waals surface area contributed by atoms with Crippen molar-refractivity contribution in [2.75, 3.05) is 46.2 Å². The minimum Gasteiger partial charge on any atom is -0.507 e. The summed E-state index contributed by atoms with van der Waals surface area (Å²) in [4.78, 5) is 111. The van der Waals surface area contributed by atoms with Crippen LogP contribution >= 0.6 is 11.8 Å². The molecular formula is C49H55N3O17S. The Bertz CT molecular complexity index is 2560. The number of rotatable bonds is 13. The van der Waals surface area contributed by atoms with E-state index in [0.717, 1.165) is 16.7 Å². The first kappa shape index (κ1) is 48.5. The van der Waals surface area contributed by atoms with Gasteiger partial charge in [0.05, 0.1) is 60.2 Å². The number of fused-ring (bicyclic) bond motifs is 6. The van der Waals surface area contributed by atoms with E-state index in [9.17, 15) is 53.7 Å². The van der Waals surface area contributed by atoms with Gasteiger partial charge < -0.3 is 43.7 Å². The van der Waals surface area contributed by atoms with Crippen molar-refractivity contribution in [3.05, 3.63) is 51.6 Å². The second-order valence-corrected chi connectivity index (χ2v) is 20.7. The number of carbonyl (C=O) groups excluding carboxylic acids is 8. The van der Waals surface area contributed by atoms with Gasteiger partial charge in [0.15, 0.2) is 36.2 Å². The lowest BCUT2D eigenvalue weighted by atomic mass is 9.72. The van der Waals surface area contributed by atoms with E-state index in [0.29, 0.717) is 38.8 Å². The summed E-state index contributed by atoms with van der Waals surface area (Å²) >= 11 is 0.896. The molecule has 1 unspecified atom stereocenters. The number of ketones is 4. The van der Waals surface area contributed by atoms with Gasteiger partial charge in [0.25, 0.3) is 0 Å². The molecular weight excluding hydrogens is 935 g/mol. The molecule has 0 spiro atoms. The lowest BCUT2D eigenvalue weighted by molar-refractivity contribution is -0.256. The molecule has 20 nitrogen and oxygen atoms in total. The number of nitrogens with zero attached hydrogens (tertiary/aromatic N) is 3. The molecule has 9 atom stereocenters. The van der Waals surface area contributed by atoms with Crippen LogP contribution in [0.2, 0.25) is 0 Å². The molecule has 374 valence electrons. The zero-order valence-corrected chi connectivity index (χ0v) is 39.7. The Hall–Kier alpha value is -5.13. The first-order valence-corrected chi connectivity index (χ1v) is 24.9. The van der Waals surface area contributed by atoms with Crippen LogP contribution < -0.4 is 4.74 Å². The number of Topliss-reactive ketones (excluding diaryl/α,β-unsaturated/α-hetero) is 2. The summed E-state index contributed by atoms with van der Waals surface area (Å²) in [5, 5.41) is 35.8. The number of carbonyl (C=O) groups is 8. The normalized spacial score (nSPS) is 33.0. The molecule has 0 radical (unpaired) electrons. The third kappa shape index (κ3) is 8.24. The average molecular weight is 990 g/mol. The van der Waals surface area contributed by atoms with Crippen LogP contribution in [0.1, 0.15) is 114 Å². The van der Waals surface area contributed by atoms with Gasteiger partial charge in [0.2, 0.25) is 29.4 Å². The summed E-state index contributed by atoms with van der Waals surface area (Å²) in [7, 11) is 2.85. The Labute approximate surface area is 406 Å². The number of thioether (sulfide) groups is 1. The van der Waals surface area contributed by atoms with Gasteiger partial charge >= 0.3 is 0 Å². The van der Waals surface area contributed by atoms with Crippen molar-refractivity contribution in [3.63, 3.8) is 0 Å². The quantitative estimate of drug-likeness (QED) is 0.164. The molecule has 4 amide bonds. The number of aromatic hydroxyl groups is 2. The van der Waals surface area contributed by atoms with E-state index >= 15 is 0 Å². The van der Waals surface area contributed by atoms with Crippen LogP contribution in [-0.4, -0.2) is 171 Å². The number of hydrogen-bond acceptors (Lipinski definition) is 19. The van der Waals surface area contributed by atoms with Crippen LogP contribution in [0.5, 0.6) is 17.2 Å². The van der Waals surface area contributed by atoms with Gasteiger partial charge in [-0.15, -0.1) is 11.8 Å². The number of benzene rings is 2. The number of amides is 4. The highest BCUT2D eigenvalue weighted by Gasteiger charge is 2.56. The highest BCUT2D eigenvalue weighted by molar-refractivity contribution is 8.01. The summed E-state index contributed by atoms with van der Waals surface area (Å²) in [6.07, 6.45) is -3.30. The molecule has 21 heteroatoms. The average Bonchev–Trinajstić information content (AvgIpc) is 3.98. The highest BCUT2D eigenvalue weighted by Crippen LogP contribution is 2.53. The molecule has 5 saturated heterocycles. The van der Waals surface area contributed by atoms with Crippen LogP contribution in [0.4, 0.5) is 0 Å². The third-order valence-corrected chi connectivity index (χ3v) is 16.7. The molecule has 6 fully saturated rings. The van der Waals surface area contributed by atoms with Gasteiger partial charge in [-0.05, 0) is 44.6 Å². The fourth-order valence-electron chi connectivity index (χ4n) is 11.8. The summed E-state index contributed by atoms with van der Waals surface area (Å²) in [5.41, 5.74) is -3.77. The number of imide groups is 2. The maximum atomic E-state index is 14.4. The predicted octanol–water partition coefficient (Wildman–Crippen LogP) is 2.10. The lowest BCUT2D eigenvalue weighted by Gasteiger charge is -2.43. The van der Waals surface area contributed by atoms with Crippen LogP contribution in [0.3, 0.4) is 0 Å². The van der Waals surface area contributed by atoms with Gasteiger partial charge in [-0.2, -0.15) is 0 Å². The topological polar surface area (TPSA) is 262 Å². The summed E-state index contributed by atoms with van der Waals surface area (Å²) in [6, 6.07) is 4.15. The standard InChI is InChI=1S/C49H55N3O17S/c1-22-45-27(50-13-14-66-48(65-3)47(50)69-45)15-36(67-22)68-30-18-49(63,17-26-38(30)44(61)40-39(42(26)59)41(58)25-5-4-6-29(64-2)37(25)43(40)60)32(54)21-70-31-16-35(57)52(46(31)62)19-23-7-9-24(10-8-23)28(53)20-51-33(55)11-12-34(51)56/h4-6,22-24,27,30-31,36,45,47-48,59,61,63H,7-21H2,1-3H3/t22-,23?,24?,27-,30-,31?,36-,45+,47+,48-,49-/m0/s1. The number of morpholine rings is 1. The Balaban J connectivity index is 0.866. The van der Waals surface area contributed by atoms with Gasteiger partial charge in [0, 0.05) is 87.4 Å². The number of hydrogen-bond donors (Lipinski definition) is 3. The van der Waals surface area contributed by atoms with E-state index in [-0.39, 0.29) is 102 Å². The second kappa shape index (κ2) is 18.8. The molecule has 0 bridgehead atoms. The summed E-state index contributed by atoms with van der Waals surface area (Å²) in [5.74, 6) is -6.29. The molecule has 8 aliphatic rings. The molecule has 0 aromatic heterocycles. The Morgan fingerprint density at radius 2 is 1.63 bits per heavy atom. The number of likely N-dealkylation sites (tertiary alicyclic amines) is 2. The number of aliphatic hydroxyl groups is 1. The largest absolute Gasteiger partial charge is 0.507 e. The molecule has 3 aliphatic carbocycles. The fourth-order valence-corrected chi connectivity index (χ4v) is 13.0. The van der Waals surface area contributed by atoms with Gasteiger partial charge in [0.1, 0.15) is 29.0 Å². The van der Waals surface area contributed by atoms with Crippen molar-refractivity contribution >= 4 is 58.5 Å². The van der Waals surface area contributed by atoms with Gasteiger partial charge in [-0.3, -0.25) is 53.1 Å². The minimum atomic E-state index is -2.32. The summed E-state index contributed by atoms with van der Waals surface area (Å²) < 4.78 is 36.1. The predicted molar refractivity (Wildman–Crippen MR) is 241 cm³/mol. The van der Waals surface area contributed by atoms with E-state index in [4.69, 9.17) is 28.4 Å². The molecule has 3 N–H and O–H groups in total. The van der Waals surface area contributed by atoms with E-state index in [2.05, 4.69) is 4.90 Å². The van der Waals surface area contributed by atoms with Crippen molar-refractivity contribution in [2.45, 2.75) is 125 Å². The zero-order valence-electron chi connectivity index (χ0n) is 38.9. The van der Waals surface area contributed by atoms with Crippen LogP contribution in [-0.2, 0) is 58.9 Å². The van der Waals surface area contributed by atoms with E-state index < -0.39 is 118 Å². The second-order valence-electron chi connectivity index (χ2n) is 19.5. The van der Waals surface area contributed by atoms with Crippen molar-refractivity contribution < 1.29 is 82.1 Å². The van der Waals surface area contributed by atoms with Crippen molar-refractivity contribution in [1.82, 2.24) is 14.7 Å². The fraction of sp³-hybridized carbons (Fsp3) is 0.592. The Morgan fingerprint density at radius 1 is 0.900 bits per heavy atom. The molecule has 10 rings (SSSR count). The van der Waals surface area contributed by atoms with Crippen molar-refractivity contribution in [3.8, 4) is 17.2 Å². The smallest absolute Gasteiger partial charge is 0.242 e. The van der Waals surface area contributed by atoms with Crippen LogP contribution in [0.15, 0.2) is 18.2 Å².